The normalized spacial score (nSPS) is 13.4. The Morgan fingerprint density at radius 3 is 2.75 bits per heavy atom. The van der Waals surface area contributed by atoms with Crippen molar-refractivity contribution in [3.8, 4) is 0 Å². The molecule has 12 heavy (non-hydrogen) atoms. The Balaban J connectivity index is 3.66. The van der Waals surface area contributed by atoms with Gasteiger partial charge in [0.1, 0.15) is 0 Å². The van der Waals surface area contributed by atoms with Gasteiger partial charge in [-0.2, -0.15) is 0 Å². The Kier molecular flexibility index (Phi) is 7.66. The van der Waals surface area contributed by atoms with E-state index < -0.39 is 0 Å². The second-order valence-corrected chi connectivity index (χ2v) is 2.83. The minimum atomic E-state index is 0.956. The number of hydrogen-bond acceptors (Lipinski definition) is 1. The second-order valence-electron chi connectivity index (χ2n) is 2.83. The number of rotatable bonds is 5. The van der Waals surface area contributed by atoms with Crippen molar-refractivity contribution < 1.29 is 0 Å². The molecule has 0 aliphatic rings. The van der Waals surface area contributed by atoms with Crippen LogP contribution in [-0.4, -0.2) is 12.8 Å². The number of hydrogen-bond donors (Lipinski definition) is 0. The lowest BCUT2D eigenvalue weighted by atomic mass is 10.3. The molecule has 0 aromatic rings. The maximum Gasteiger partial charge on any atom is 0.0389 e. The molecule has 1 nitrogen and oxygen atoms in total. The number of aliphatic imine (C=N–C) groups is 1. The summed E-state index contributed by atoms with van der Waals surface area (Å²) in [6, 6.07) is 0. The molecule has 0 bridgehead atoms. The number of nitrogens with zero attached hydrogens (tertiary/aromatic N) is 1. The van der Waals surface area contributed by atoms with Crippen LogP contribution < -0.4 is 0 Å². The van der Waals surface area contributed by atoms with E-state index in [1.807, 2.05) is 25.3 Å². The lowest BCUT2D eigenvalue weighted by molar-refractivity contribution is 0.810. The quantitative estimate of drug-likeness (QED) is 0.336. The smallest absolute Gasteiger partial charge is 0.0389 e. The predicted molar refractivity (Wildman–Crippen MR) is 56.8 cm³/mol. The summed E-state index contributed by atoms with van der Waals surface area (Å²) in [5, 5.41) is 0. The molecule has 0 heterocycles. The molecule has 0 aliphatic carbocycles. The molecule has 0 N–H and O–H groups in total. The van der Waals surface area contributed by atoms with Crippen LogP contribution >= 0.6 is 0 Å². The van der Waals surface area contributed by atoms with Gasteiger partial charge in [-0.05, 0) is 25.8 Å². The van der Waals surface area contributed by atoms with Crippen molar-refractivity contribution in [3.63, 3.8) is 0 Å². The number of unbranched alkanes of at least 4 members (excludes halogenated alkanes) is 1. The van der Waals surface area contributed by atoms with Crippen LogP contribution in [0.25, 0.3) is 0 Å². The third-order valence-corrected chi connectivity index (χ3v) is 1.49. The highest BCUT2D eigenvalue weighted by Gasteiger charge is 1.80. The van der Waals surface area contributed by atoms with Crippen LogP contribution in [0.3, 0.4) is 0 Å². The Morgan fingerprint density at radius 2 is 2.17 bits per heavy atom. The molecule has 0 amide bonds. The molecule has 0 aliphatic heterocycles. The van der Waals surface area contributed by atoms with Crippen molar-refractivity contribution in [2.24, 2.45) is 4.99 Å². The Labute approximate surface area is 75.9 Å². The van der Waals surface area contributed by atoms with E-state index >= 15 is 0 Å². The van der Waals surface area contributed by atoms with Gasteiger partial charge in [0.15, 0.2) is 0 Å². The molecule has 0 aromatic carbocycles. The van der Waals surface area contributed by atoms with Crippen LogP contribution in [0.2, 0.25) is 0 Å². The van der Waals surface area contributed by atoms with Crippen LogP contribution in [-0.2, 0) is 0 Å². The highest BCUT2D eigenvalue weighted by Crippen LogP contribution is 1.91. The van der Waals surface area contributed by atoms with Crippen LogP contribution in [0.5, 0.6) is 0 Å². The Morgan fingerprint density at radius 1 is 1.42 bits per heavy atom. The van der Waals surface area contributed by atoms with Gasteiger partial charge in [0.05, 0.1) is 0 Å². The summed E-state index contributed by atoms with van der Waals surface area (Å²) in [5.41, 5.74) is 1.21. The van der Waals surface area contributed by atoms with Crippen LogP contribution in [0.1, 0.15) is 33.6 Å². The molecular weight excluding hydrogens is 146 g/mol. The molecule has 0 radical (unpaired) electrons. The first-order valence-electron chi connectivity index (χ1n) is 4.60. The summed E-state index contributed by atoms with van der Waals surface area (Å²) in [7, 11) is 0. The van der Waals surface area contributed by atoms with E-state index in [2.05, 4.69) is 24.9 Å². The Hall–Kier alpha value is -0.850. The SMILES string of the molecule is C/C=C\C=C(\C)C=NCCCC. The zero-order valence-electron chi connectivity index (χ0n) is 8.38. The van der Waals surface area contributed by atoms with Crippen molar-refractivity contribution in [1.82, 2.24) is 0 Å². The van der Waals surface area contributed by atoms with E-state index in [-0.39, 0.29) is 0 Å². The maximum atomic E-state index is 4.29. The van der Waals surface area contributed by atoms with Gasteiger partial charge >= 0.3 is 0 Å². The van der Waals surface area contributed by atoms with Gasteiger partial charge < -0.3 is 0 Å². The van der Waals surface area contributed by atoms with E-state index in [0.29, 0.717) is 0 Å². The van der Waals surface area contributed by atoms with E-state index in [1.54, 1.807) is 0 Å². The van der Waals surface area contributed by atoms with Crippen LogP contribution in [0.15, 0.2) is 28.8 Å². The molecule has 0 aromatic heterocycles. The molecule has 1 heteroatoms. The minimum absolute atomic E-state index is 0.956. The summed E-state index contributed by atoms with van der Waals surface area (Å²) in [5.74, 6) is 0. The van der Waals surface area contributed by atoms with Crippen LogP contribution in [0.4, 0.5) is 0 Å². The van der Waals surface area contributed by atoms with E-state index in [4.69, 9.17) is 0 Å². The van der Waals surface area contributed by atoms with Gasteiger partial charge in [0.25, 0.3) is 0 Å². The highest BCUT2D eigenvalue weighted by atomic mass is 14.7. The zero-order chi connectivity index (χ0) is 9.23. The first-order valence-corrected chi connectivity index (χ1v) is 4.60. The third kappa shape index (κ3) is 7.26. The molecule has 0 atom stereocenters. The standard InChI is InChI=1S/C11H19N/c1-4-6-8-11(3)10-12-9-7-5-2/h4,6,8,10H,5,7,9H2,1-3H3/b6-4-,11-8-,12-10?. The minimum Gasteiger partial charge on any atom is -0.293 e. The monoisotopic (exact) mass is 165 g/mol. The van der Waals surface area contributed by atoms with Gasteiger partial charge in [0, 0.05) is 12.8 Å². The first kappa shape index (κ1) is 11.2. The first-order chi connectivity index (χ1) is 5.81. The lowest BCUT2D eigenvalue weighted by Gasteiger charge is -1.90. The second kappa shape index (κ2) is 8.25. The van der Waals surface area contributed by atoms with Gasteiger partial charge in [-0.25, -0.2) is 0 Å². The molecule has 0 unspecified atom stereocenters. The topological polar surface area (TPSA) is 12.4 Å². The summed E-state index contributed by atoms with van der Waals surface area (Å²) in [6.45, 7) is 7.21. The summed E-state index contributed by atoms with van der Waals surface area (Å²) < 4.78 is 0. The highest BCUT2D eigenvalue weighted by molar-refractivity contribution is 5.78. The van der Waals surface area contributed by atoms with E-state index in [1.165, 1.54) is 18.4 Å². The largest absolute Gasteiger partial charge is 0.293 e. The summed E-state index contributed by atoms with van der Waals surface area (Å²) in [4.78, 5) is 4.29. The van der Waals surface area contributed by atoms with Crippen molar-refractivity contribution in [3.05, 3.63) is 23.8 Å². The van der Waals surface area contributed by atoms with Crippen molar-refractivity contribution in [2.45, 2.75) is 33.6 Å². The Bertz CT molecular complexity index is 175. The average molecular weight is 165 g/mol. The van der Waals surface area contributed by atoms with Crippen LogP contribution in [0, 0.1) is 0 Å². The fourth-order valence-corrected chi connectivity index (χ4v) is 0.749. The molecule has 0 rings (SSSR count). The molecular formula is C11H19N. The molecule has 68 valence electrons. The predicted octanol–water partition coefficient (Wildman–Crippen LogP) is 3.38. The maximum absolute atomic E-state index is 4.29. The lowest BCUT2D eigenvalue weighted by Crippen LogP contribution is -1.82. The fourth-order valence-electron chi connectivity index (χ4n) is 0.749. The summed E-state index contributed by atoms with van der Waals surface area (Å²) >= 11 is 0. The fraction of sp³-hybridized carbons (Fsp3) is 0.545. The average Bonchev–Trinajstić information content (AvgIpc) is 2.09. The molecule has 0 spiro atoms. The van der Waals surface area contributed by atoms with Gasteiger partial charge in [-0.3, -0.25) is 4.99 Å². The van der Waals surface area contributed by atoms with E-state index in [9.17, 15) is 0 Å². The molecule has 0 saturated heterocycles. The van der Waals surface area contributed by atoms with Gasteiger partial charge in [-0.1, -0.05) is 31.6 Å². The molecule has 0 saturated carbocycles. The number of allylic oxidation sites excluding steroid dienone is 4. The van der Waals surface area contributed by atoms with Gasteiger partial charge in [-0.15, -0.1) is 0 Å². The third-order valence-electron chi connectivity index (χ3n) is 1.49. The van der Waals surface area contributed by atoms with Crippen molar-refractivity contribution >= 4 is 6.21 Å². The van der Waals surface area contributed by atoms with Gasteiger partial charge in [0.2, 0.25) is 0 Å². The summed E-state index contributed by atoms with van der Waals surface area (Å²) in [6.07, 6.45) is 10.5. The van der Waals surface area contributed by atoms with Crippen molar-refractivity contribution in [1.29, 1.82) is 0 Å². The van der Waals surface area contributed by atoms with Crippen molar-refractivity contribution in [2.75, 3.05) is 6.54 Å². The van der Waals surface area contributed by atoms with E-state index in [0.717, 1.165) is 6.54 Å². The zero-order valence-corrected chi connectivity index (χ0v) is 8.38. The molecule has 0 fully saturated rings.